The van der Waals surface area contributed by atoms with Crippen LogP contribution in [0.15, 0.2) is 205 Å². The lowest BCUT2D eigenvalue weighted by Crippen LogP contribution is -2.28. The molecular weight excluding hydrogens is 747 g/mol. The third kappa shape index (κ3) is 4.78. The van der Waals surface area contributed by atoms with Crippen molar-refractivity contribution < 1.29 is 4.42 Å². The lowest BCUT2D eigenvalue weighted by Gasteiger charge is -2.33. The molecule has 13 rings (SSSR count). The fourth-order valence-corrected chi connectivity index (χ4v) is 9.96. The van der Waals surface area contributed by atoms with Crippen molar-refractivity contribution in [2.24, 2.45) is 0 Å². The van der Waals surface area contributed by atoms with Crippen LogP contribution in [0.25, 0.3) is 94.8 Å². The molecule has 1 aliphatic rings. The number of nitrogens with zero attached hydrogens (tertiary/aromatic N) is 5. The van der Waals surface area contributed by atoms with Gasteiger partial charge in [-0.05, 0) is 63.7 Å². The first-order valence-electron chi connectivity index (χ1n) is 20.6. The Morgan fingerprint density at radius 1 is 0.426 bits per heavy atom. The largest absolute Gasteiger partial charge is 0.454 e. The highest BCUT2D eigenvalue weighted by atomic mass is 16.3. The Kier molecular flexibility index (Phi) is 7.13. The zero-order valence-electron chi connectivity index (χ0n) is 32.7. The van der Waals surface area contributed by atoms with E-state index in [-0.39, 0.29) is 0 Å². The fraction of sp³-hybridized carbons (Fsp3) is 0.0182. The van der Waals surface area contributed by atoms with Crippen molar-refractivity contribution in [3.63, 3.8) is 0 Å². The molecule has 0 saturated carbocycles. The second kappa shape index (κ2) is 12.9. The van der Waals surface area contributed by atoms with Gasteiger partial charge in [-0.15, -0.1) is 0 Å². The number of benzene rings is 8. The van der Waals surface area contributed by atoms with E-state index < -0.39 is 5.41 Å². The second-order valence-corrected chi connectivity index (χ2v) is 15.7. The summed E-state index contributed by atoms with van der Waals surface area (Å²) in [4.78, 5) is 21.0. The number of furan rings is 1. The van der Waals surface area contributed by atoms with Crippen LogP contribution in [-0.2, 0) is 5.41 Å². The molecule has 284 valence electrons. The molecule has 61 heavy (non-hydrogen) atoms. The molecule has 0 atom stereocenters. The van der Waals surface area contributed by atoms with Crippen LogP contribution in [0, 0.1) is 0 Å². The SMILES string of the molecule is c1ccc(-c2nc(-c3ccc4oc5c6ccccc6c6nc7ccccc7n6c5c4c3)nc(-c3cccc4c3-c3ccccc3C4(c3ccccc3)c3ccccc3)n2)cc1. The quantitative estimate of drug-likeness (QED) is 0.174. The van der Waals surface area contributed by atoms with Crippen LogP contribution in [-0.4, -0.2) is 24.3 Å². The maximum Gasteiger partial charge on any atom is 0.164 e. The van der Waals surface area contributed by atoms with Crippen LogP contribution < -0.4 is 0 Å². The predicted octanol–water partition coefficient (Wildman–Crippen LogP) is 13.1. The lowest BCUT2D eigenvalue weighted by atomic mass is 9.67. The van der Waals surface area contributed by atoms with Gasteiger partial charge in [-0.1, -0.05) is 170 Å². The van der Waals surface area contributed by atoms with Crippen molar-refractivity contribution in [3.05, 3.63) is 222 Å². The molecule has 6 heteroatoms. The molecule has 0 unspecified atom stereocenters. The molecule has 12 aromatic rings. The minimum absolute atomic E-state index is 0.553. The van der Waals surface area contributed by atoms with Crippen molar-refractivity contribution in [2.75, 3.05) is 0 Å². The standard InChI is InChI=1S/C55H33N5O/c1-4-17-34(18-5-1)51-57-52(35-31-32-47-42(33-35)49-50(61-47)38-23-10-11-24-39(38)54-56-45-29-14-15-30-46(45)60(49)54)59-53(58-51)41-26-16-28-44-48(41)40-25-12-13-27-43(40)55(44,36-19-6-2-7-20-36)37-21-8-3-9-22-37/h1-33H. The van der Waals surface area contributed by atoms with E-state index in [1.54, 1.807) is 0 Å². The van der Waals surface area contributed by atoms with Gasteiger partial charge in [-0.3, -0.25) is 4.40 Å². The smallest absolute Gasteiger partial charge is 0.164 e. The summed E-state index contributed by atoms with van der Waals surface area (Å²) in [6.45, 7) is 0. The molecule has 1 aliphatic carbocycles. The molecule has 0 saturated heterocycles. The molecule has 0 fully saturated rings. The molecule has 0 spiro atoms. The van der Waals surface area contributed by atoms with E-state index in [0.717, 1.165) is 71.8 Å². The summed E-state index contributed by atoms with van der Waals surface area (Å²) in [5.74, 6) is 1.79. The Morgan fingerprint density at radius 3 is 1.82 bits per heavy atom. The Hall–Kier alpha value is -8.22. The van der Waals surface area contributed by atoms with Crippen molar-refractivity contribution in [2.45, 2.75) is 5.41 Å². The lowest BCUT2D eigenvalue weighted by molar-refractivity contribution is 0.672. The number of fused-ring (bicyclic) bond motifs is 13. The van der Waals surface area contributed by atoms with E-state index in [1.165, 1.54) is 27.8 Å². The zero-order chi connectivity index (χ0) is 40.1. The average Bonchev–Trinajstić information content (AvgIpc) is 4.01. The van der Waals surface area contributed by atoms with E-state index in [0.29, 0.717) is 17.5 Å². The van der Waals surface area contributed by atoms with Crippen LogP contribution in [0.5, 0.6) is 0 Å². The van der Waals surface area contributed by atoms with Gasteiger partial charge in [0.05, 0.1) is 16.4 Å². The van der Waals surface area contributed by atoms with Gasteiger partial charge in [0.25, 0.3) is 0 Å². The minimum atomic E-state index is -0.553. The van der Waals surface area contributed by atoms with E-state index >= 15 is 0 Å². The minimum Gasteiger partial charge on any atom is -0.454 e. The van der Waals surface area contributed by atoms with Gasteiger partial charge in [0.2, 0.25) is 0 Å². The monoisotopic (exact) mass is 779 g/mol. The number of rotatable bonds is 5. The molecule has 4 aromatic heterocycles. The normalized spacial score (nSPS) is 13.0. The molecule has 0 bridgehead atoms. The number of hydrogen-bond acceptors (Lipinski definition) is 5. The average molecular weight is 780 g/mol. The van der Waals surface area contributed by atoms with Crippen LogP contribution >= 0.6 is 0 Å². The summed E-state index contributed by atoms with van der Waals surface area (Å²) < 4.78 is 8.99. The Labute approximate surface area is 350 Å². The number of hydrogen-bond donors (Lipinski definition) is 0. The number of para-hydroxylation sites is 2. The first-order valence-corrected chi connectivity index (χ1v) is 20.6. The molecule has 8 aromatic carbocycles. The number of imidazole rings is 1. The third-order valence-electron chi connectivity index (χ3n) is 12.5. The van der Waals surface area contributed by atoms with Crippen molar-refractivity contribution in [1.29, 1.82) is 0 Å². The van der Waals surface area contributed by atoms with E-state index in [1.807, 2.05) is 30.3 Å². The van der Waals surface area contributed by atoms with E-state index in [2.05, 4.69) is 174 Å². The molecule has 0 aliphatic heterocycles. The molecule has 0 N–H and O–H groups in total. The van der Waals surface area contributed by atoms with Crippen molar-refractivity contribution in [1.82, 2.24) is 24.3 Å². The first kappa shape index (κ1) is 33.7. The van der Waals surface area contributed by atoms with Gasteiger partial charge in [0.1, 0.15) is 16.7 Å². The molecule has 0 amide bonds. The molecule has 0 radical (unpaired) electrons. The Balaban J connectivity index is 1.09. The second-order valence-electron chi connectivity index (χ2n) is 15.7. The summed E-state index contributed by atoms with van der Waals surface area (Å²) in [6.07, 6.45) is 0. The van der Waals surface area contributed by atoms with Gasteiger partial charge < -0.3 is 4.42 Å². The topological polar surface area (TPSA) is 69.1 Å². The predicted molar refractivity (Wildman–Crippen MR) is 244 cm³/mol. The fourth-order valence-electron chi connectivity index (χ4n) is 9.96. The number of aromatic nitrogens is 5. The zero-order valence-corrected chi connectivity index (χ0v) is 32.7. The summed E-state index contributed by atoms with van der Waals surface area (Å²) >= 11 is 0. The van der Waals surface area contributed by atoms with Crippen LogP contribution in [0.3, 0.4) is 0 Å². The highest BCUT2D eigenvalue weighted by molar-refractivity contribution is 6.19. The Morgan fingerprint density at radius 2 is 1.03 bits per heavy atom. The van der Waals surface area contributed by atoms with E-state index in [4.69, 9.17) is 24.4 Å². The molecule has 6 nitrogen and oxygen atoms in total. The van der Waals surface area contributed by atoms with Crippen LogP contribution in [0.4, 0.5) is 0 Å². The van der Waals surface area contributed by atoms with Crippen molar-refractivity contribution in [3.8, 4) is 45.3 Å². The summed E-state index contributed by atoms with van der Waals surface area (Å²) in [6, 6.07) is 70.2. The van der Waals surface area contributed by atoms with Gasteiger partial charge >= 0.3 is 0 Å². The third-order valence-corrected chi connectivity index (χ3v) is 12.5. The maximum atomic E-state index is 6.74. The van der Waals surface area contributed by atoms with Crippen molar-refractivity contribution >= 4 is 49.5 Å². The first-order chi connectivity index (χ1) is 30.3. The Bertz CT molecular complexity index is 3670. The van der Waals surface area contributed by atoms with E-state index in [9.17, 15) is 0 Å². The van der Waals surface area contributed by atoms with Gasteiger partial charge in [-0.2, -0.15) is 0 Å². The van der Waals surface area contributed by atoms with Crippen LogP contribution in [0.1, 0.15) is 22.3 Å². The highest BCUT2D eigenvalue weighted by Crippen LogP contribution is 2.58. The van der Waals surface area contributed by atoms with Gasteiger partial charge in [-0.25, -0.2) is 19.9 Å². The summed E-state index contributed by atoms with van der Waals surface area (Å²) in [5, 5.41) is 3.02. The highest BCUT2D eigenvalue weighted by Gasteiger charge is 2.47. The number of pyridine rings is 1. The van der Waals surface area contributed by atoms with Gasteiger partial charge in [0.15, 0.2) is 23.1 Å². The summed E-state index contributed by atoms with van der Waals surface area (Å²) in [7, 11) is 0. The molecule has 4 heterocycles. The van der Waals surface area contributed by atoms with Gasteiger partial charge in [0, 0.05) is 32.8 Å². The molecular formula is C55H33N5O. The maximum absolute atomic E-state index is 6.74. The summed E-state index contributed by atoms with van der Waals surface area (Å²) in [5.41, 5.74) is 14.7. The van der Waals surface area contributed by atoms with Crippen LogP contribution in [0.2, 0.25) is 0 Å².